The van der Waals surface area contributed by atoms with Crippen LogP contribution < -0.4 is 5.32 Å². The Bertz CT molecular complexity index is 872. The first-order valence-electron chi connectivity index (χ1n) is 11.7. The fraction of sp³-hybridized carbons (Fsp3) is 0.667. The van der Waals surface area contributed by atoms with Gasteiger partial charge in [-0.3, -0.25) is 9.69 Å². The molecule has 0 bridgehead atoms. The minimum atomic E-state index is -0.489. The molecule has 7 heteroatoms. The molecule has 2 aromatic rings. The van der Waals surface area contributed by atoms with E-state index in [4.69, 9.17) is 4.52 Å². The highest BCUT2D eigenvalue weighted by Gasteiger charge is 2.45. The highest BCUT2D eigenvalue weighted by atomic mass is 16.5. The van der Waals surface area contributed by atoms with Gasteiger partial charge < -0.3 is 9.84 Å². The molecule has 1 amide bonds. The maximum Gasteiger partial charge on any atom is 0.227 e. The van der Waals surface area contributed by atoms with Crippen LogP contribution in [0.1, 0.15) is 87.1 Å². The Hall–Kier alpha value is -2.28. The quantitative estimate of drug-likeness (QED) is 0.726. The zero-order chi connectivity index (χ0) is 21.8. The lowest BCUT2D eigenvalue weighted by Gasteiger charge is -2.26. The summed E-state index contributed by atoms with van der Waals surface area (Å²) >= 11 is 0. The zero-order valence-corrected chi connectivity index (χ0v) is 19.1. The van der Waals surface area contributed by atoms with Crippen molar-refractivity contribution in [2.45, 2.75) is 77.2 Å². The average Bonchev–Trinajstić information content (AvgIpc) is 3.42. The molecule has 1 atom stereocenters. The van der Waals surface area contributed by atoms with Crippen LogP contribution in [0.3, 0.4) is 0 Å². The molecule has 2 aliphatic rings. The van der Waals surface area contributed by atoms with Gasteiger partial charge in [0.05, 0.1) is 11.1 Å². The van der Waals surface area contributed by atoms with E-state index in [1.165, 1.54) is 32.1 Å². The third-order valence-electron chi connectivity index (χ3n) is 6.90. The summed E-state index contributed by atoms with van der Waals surface area (Å²) in [6, 6.07) is 2.10. The normalized spacial score (nSPS) is 22.8. The van der Waals surface area contributed by atoms with Crippen molar-refractivity contribution in [3.8, 4) is 0 Å². The Labute approximate surface area is 185 Å². The van der Waals surface area contributed by atoms with Gasteiger partial charge in [0.2, 0.25) is 5.91 Å². The van der Waals surface area contributed by atoms with Crippen molar-refractivity contribution in [1.82, 2.24) is 25.3 Å². The van der Waals surface area contributed by atoms with Crippen molar-refractivity contribution >= 4 is 5.91 Å². The van der Waals surface area contributed by atoms with Crippen LogP contribution >= 0.6 is 0 Å². The van der Waals surface area contributed by atoms with Crippen molar-refractivity contribution in [2.24, 2.45) is 5.41 Å². The molecular weight excluding hydrogens is 390 g/mol. The molecule has 0 unspecified atom stereocenters. The topological polar surface area (TPSA) is 84.2 Å². The molecular formula is C24H35N5O2. The average molecular weight is 426 g/mol. The smallest absolute Gasteiger partial charge is 0.227 e. The standard InChI is InChI=1S/C24H35N5O2/c1-17(2)22-26-13-18(14-27-22)15-29-10-9-24(16-29,23(30)25-3)12-20-11-21(28-31-20)19-7-5-4-6-8-19/h11,13-14,17,19H,4-10,12,15-16H2,1-3H3,(H,25,30)/t24-/m1/s1. The van der Waals surface area contributed by atoms with Gasteiger partial charge in [-0.1, -0.05) is 38.3 Å². The molecule has 1 N–H and O–H groups in total. The second kappa shape index (κ2) is 9.47. The monoisotopic (exact) mass is 425 g/mol. The van der Waals surface area contributed by atoms with E-state index in [0.29, 0.717) is 24.8 Å². The van der Waals surface area contributed by atoms with Crippen molar-refractivity contribution in [2.75, 3.05) is 20.1 Å². The fourth-order valence-electron chi connectivity index (χ4n) is 5.11. The van der Waals surface area contributed by atoms with Gasteiger partial charge in [0.15, 0.2) is 0 Å². The fourth-order valence-corrected chi connectivity index (χ4v) is 5.11. The highest BCUT2D eigenvalue weighted by molar-refractivity contribution is 5.83. The summed E-state index contributed by atoms with van der Waals surface area (Å²) in [6.07, 6.45) is 11.5. The maximum atomic E-state index is 12.9. The van der Waals surface area contributed by atoms with Crippen LogP contribution in [0.5, 0.6) is 0 Å². The third kappa shape index (κ3) is 4.97. The predicted octanol–water partition coefficient (Wildman–Crippen LogP) is 3.82. The van der Waals surface area contributed by atoms with Crippen LogP contribution in [0, 0.1) is 5.41 Å². The molecule has 0 aromatic carbocycles. The number of carbonyl (C=O) groups excluding carboxylic acids is 1. The van der Waals surface area contributed by atoms with Gasteiger partial charge in [-0.2, -0.15) is 0 Å². The number of amides is 1. The molecule has 31 heavy (non-hydrogen) atoms. The molecule has 1 saturated carbocycles. The minimum Gasteiger partial charge on any atom is -0.361 e. The van der Waals surface area contributed by atoms with Crippen LogP contribution in [-0.2, 0) is 17.8 Å². The Balaban J connectivity index is 1.44. The Kier molecular flexibility index (Phi) is 6.70. The summed E-state index contributed by atoms with van der Waals surface area (Å²) in [5, 5.41) is 7.26. The molecule has 7 nitrogen and oxygen atoms in total. The van der Waals surface area contributed by atoms with Crippen molar-refractivity contribution in [3.63, 3.8) is 0 Å². The van der Waals surface area contributed by atoms with Crippen molar-refractivity contribution in [3.05, 3.63) is 41.3 Å². The van der Waals surface area contributed by atoms with E-state index in [1.807, 2.05) is 12.4 Å². The lowest BCUT2D eigenvalue weighted by Crippen LogP contribution is -2.43. The van der Waals surface area contributed by atoms with Crippen LogP contribution in [-0.4, -0.2) is 46.1 Å². The summed E-state index contributed by atoms with van der Waals surface area (Å²) < 4.78 is 5.72. The number of aromatic nitrogens is 3. The second-order valence-electron chi connectivity index (χ2n) is 9.65. The number of likely N-dealkylation sites (tertiary alicyclic amines) is 1. The highest BCUT2D eigenvalue weighted by Crippen LogP contribution is 2.37. The molecule has 1 aliphatic heterocycles. The summed E-state index contributed by atoms with van der Waals surface area (Å²) in [4.78, 5) is 24.2. The van der Waals surface area contributed by atoms with E-state index in [9.17, 15) is 4.79 Å². The van der Waals surface area contributed by atoms with E-state index in [1.54, 1.807) is 7.05 Å². The van der Waals surface area contributed by atoms with Crippen molar-refractivity contribution in [1.29, 1.82) is 0 Å². The lowest BCUT2D eigenvalue weighted by atomic mass is 9.81. The van der Waals surface area contributed by atoms with Gasteiger partial charge in [-0.05, 0) is 25.8 Å². The molecule has 4 rings (SSSR count). The van der Waals surface area contributed by atoms with Gasteiger partial charge in [0.1, 0.15) is 11.6 Å². The minimum absolute atomic E-state index is 0.0806. The third-order valence-corrected chi connectivity index (χ3v) is 6.90. The predicted molar refractivity (Wildman–Crippen MR) is 119 cm³/mol. The number of nitrogens with zero attached hydrogens (tertiary/aromatic N) is 4. The van der Waals surface area contributed by atoms with Crippen LogP contribution in [0.25, 0.3) is 0 Å². The van der Waals surface area contributed by atoms with Gasteiger partial charge in [-0.15, -0.1) is 0 Å². The van der Waals surface area contributed by atoms with Gasteiger partial charge in [-0.25, -0.2) is 9.97 Å². The number of carbonyl (C=O) groups is 1. The van der Waals surface area contributed by atoms with E-state index in [2.05, 4.69) is 45.3 Å². The molecule has 1 saturated heterocycles. The largest absolute Gasteiger partial charge is 0.361 e. The van der Waals surface area contributed by atoms with Crippen LogP contribution in [0.15, 0.2) is 23.0 Å². The number of rotatable bonds is 7. The molecule has 1 aliphatic carbocycles. The summed E-state index contributed by atoms with van der Waals surface area (Å²) in [5.41, 5.74) is 1.66. The molecule has 0 radical (unpaired) electrons. The van der Waals surface area contributed by atoms with E-state index >= 15 is 0 Å². The maximum absolute atomic E-state index is 12.9. The van der Waals surface area contributed by atoms with E-state index < -0.39 is 5.41 Å². The molecule has 2 fully saturated rings. The Morgan fingerprint density at radius 3 is 2.68 bits per heavy atom. The van der Waals surface area contributed by atoms with Gasteiger partial charge >= 0.3 is 0 Å². The summed E-state index contributed by atoms with van der Waals surface area (Å²) in [5.74, 6) is 2.61. The Morgan fingerprint density at radius 2 is 2.00 bits per heavy atom. The second-order valence-corrected chi connectivity index (χ2v) is 9.65. The first-order valence-corrected chi connectivity index (χ1v) is 11.7. The lowest BCUT2D eigenvalue weighted by molar-refractivity contribution is -0.130. The Morgan fingerprint density at radius 1 is 1.26 bits per heavy atom. The van der Waals surface area contributed by atoms with Gasteiger partial charge in [0, 0.05) is 62.4 Å². The summed E-state index contributed by atoms with van der Waals surface area (Å²) in [6.45, 7) is 6.49. The first kappa shape index (κ1) is 21.9. The van der Waals surface area contributed by atoms with Crippen molar-refractivity contribution < 1.29 is 9.32 Å². The van der Waals surface area contributed by atoms with E-state index in [-0.39, 0.29) is 5.91 Å². The molecule has 168 valence electrons. The SMILES string of the molecule is CNC(=O)[C@@]1(Cc2cc(C3CCCCC3)no2)CCN(Cc2cnc(C(C)C)nc2)C1. The number of nitrogens with one attached hydrogen (secondary N) is 1. The first-order chi connectivity index (χ1) is 15.0. The van der Waals surface area contributed by atoms with Gasteiger partial charge in [0.25, 0.3) is 0 Å². The molecule has 3 heterocycles. The summed E-state index contributed by atoms with van der Waals surface area (Å²) in [7, 11) is 1.72. The van der Waals surface area contributed by atoms with E-state index in [0.717, 1.165) is 42.4 Å². The van der Waals surface area contributed by atoms with Crippen LogP contribution in [0.4, 0.5) is 0 Å². The molecule has 0 spiro atoms. The zero-order valence-electron chi connectivity index (χ0n) is 19.1. The number of hydrogen-bond acceptors (Lipinski definition) is 6. The number of hydrogen-bond donors (Lipinski definition) is 1. The molecule has 2 aromatic heterocycles. The van der Waals surface area contributed by atoms with Crippen LogP contribution in [0.2, 0.25) is 0 Å².